The molecule has 25 heavy (non-hydrogen) atoms. The second kappa shape index (κ2) is 7.51. The van der Waals surface area contributed by atoms with Crippen molar-refractivity contribution < 1.29 is 19.1 Å². The number of thioether (sulfide) groups is 1. The summed E-state index contributed by atoms with van der Waals surface area (Å²) in [4.78, 5) is 14.6. The van der Waals surface area contributed by atoms with Crippen LogP contribution in [-0.2, 0) is 11.3 Å². The predicted octanol–water partition coefficient (Wildman–Crippen LogP) is 4.44. The molecule has 0 aliphatic carbocycles. The van der Waals surface area contributed by atoms with Crippen molar-refractivity contribution in [2.75, 3.05) is 6.61 Å². The average molecular weight is 396 g/mol. The molecule has 130 valence electrons. The minimum atomic E-state index is -0.200. The molecule has 2 heterocycles. The number of carbonyl (C=O) groups is 1. The van der Waals surface area contributed by atoms with Crippen LogP contribution in [0.5, 0.6) is 11.5 Å². The molecule has 1 fully saturated rings. The molecule has 1 aromatic heterocycles. The van der Waals surface area contributed by atoms with Gasteiger partial charge < -0.3 is 14.3 Å². The summed E-state index contributed by atoms with van der Waals surface area (Å²) in [5.41, 5.74) is 0.643. The lowest BCUT2D eigenvalue weighted by Gasteiger charge is -2.12. The number of phenolic OH excluding ortho intramolecular Hbond substituents is 1. The van der Waals surface area contributed by atoms with Crippen molar-refractivity contribution in [1.29, 1.82) is 0 Å². The van der Waals surface area contributed by atoms with E-state index in [9.17, 15) is 9.90 Å². The SMILES string of the molecule is CCOc1cc(C=C2SC(=S)N(Cc3ccco3)C2=O)cc(Cl)c1O. The summed E-state index contributed by atoms with van der Waals surface area (Å²) in [6.45, 7) is 2.48. The van der Waals surface area contributed by atoms with Gasteiger partial charge in [-0.05, 0) is 42.8 Å². The summed E-state index contributed by atoms with van der Waals surface area (Å²) in [6, 6.07) is 6.75. The van der Waals surface area contributed by atoms with Crippen LogP contribution in [0.4, 0.5) is 0 Å². The fourth-order valence-electron chi connectivity index (χ4n) is 2.29. The third kappa shape index (κ3) is 3.84. The van der Waals surface area contributed by atoms with E-state index < -0.39 is 0 Å². The number of nitrogens with zero attached hydrogens (tertiary/aromatic N) is 1. The molecule has 1 amide bonds. The van der Waals surface area contributed by atoms with Crippen LogP contribution in [0.3, 0.4) is 0 Å². The quantitative estimate of drug-likeness (QED) is 0.596. The summed E-state index contributed by atoms with van der Waals surface area (Å²) >= 11 is 12.5. The number of hydrogen-bond donors (Lipinski definition) is 1. The molecule has 0 spiro atoms. The molecule has 8 heteroatoms. The van der Waals surface area contributed by atoms with Crippen molar-refractivity contribution in [3.05, 3.63) is 51.8 Å². The number of benzene rings is 1. The summed E-state index contributed by atoms with van der Waals surface area (Å²) in [5.74, 6) is 0.607. The van der Waals surface area contributed by atoms with Crippen molar-refractivity contribution in [2.24, 2.45) is 0 Å². The second-order valence-electron chi connectivity index (χ2n) is 5.13. The normalized spacial score (nSPS) is 16.1. The van der Waals surface area contributed by atoms with Crippen LogP contribution in [0.25, 0.3) is 6.08 Å². The molecule has 1 saturated heterocycles. The Kier molecular flexibility index (Phi) is 5.36. The number of carbonyl (C=O) groups excluding carboxylic acids is 1. The van der Waals surface area contributed by atoms with Crippen LogP contribution in [0, 0.1) is 0 Å². The van der Waals surface area contributed by atoms with Gasteiger partial charge >= 0.3 is 0 Å². The number of hydrogen-bond acceptors (Lipinski definition) is 6. The van der Waals surface area contributed by atoms with Gasteiger partial charge in [0.05, 0.1) is 29.3 Å². The number of aromatic hydroxyl groups is 1. The van der Waals surface area contributed by atoms with Crippen LogP contribution >= 0.6 is 35.6 Å². The number of furan rings is 1. The molecule has 3 rings (SSSR count). The minimum Gasteiger partial charge on any atom is -0.503 e. The first-order valence-electron chi connectivity index (χ1n) is 7.42. The molecule has 0 saturated carbocycles. The zero-order valence-corrected chi connectivity index (χ0v) is 15.6. The van der Waals surface area contributed by atoms with Gasteiger partial charge in [-0.3, -0.25) is 9.69 Å². The molecule has 1 aliphatic rings. The first kappa shape index (κ1) is 17.8. The van der Waals surface area contributed by atoms with E-state index in [1.807, 2.05) is 0 Å². The highest BCUT2D eigenvalue weighted by Crippen LogP contribution is 2.38. The molecule has 1 aliphatic heterocycles. The molecule has 1 N–H and O–H groups in total. The van der Waals surface area contributed by atoms with Gasteiger partial charge in [0.2, 0.25) is 0 Å². The Morgan fingerprint density at radius 2 is 2.28 bits per heavy atom. The Labute approximate surface area is 159 Å². The molecular formula is C17H14ClNO4S2. The minimum absolute atomic E-state index is 0.119. The lowest BCUT2D eigenvalue weighted by molar-refractivity contribution is -0.122. The maximum absolute atomic E-state index is 12.6. The third-order valence-corrected chi connectivity index (χ3v) is 5.08. The third-order valence-electron chi connectivity index (χ3n) is 3.42. The van der Waals surface area contributed by atoms with Crippen molar-refractivity contribution >= 4 is 51.9 Å². The summed E-state index contributed by atoms with van der Waals surface area (Å²) in [6.07, 6.45) is 3.23. The van der Waals surface area contributed by atoms with Crippen LogP contribution < -0.4 is 4.74 Å². The van der Waals surface area contributed by atoms with E-state index >= 15 is 0 Å². The number of phenols is 1. The highest BCUT2D eigenvalue weighted by Gasteiger charge is 2.32. The standard InChI is InChI=1S/C17H14ClNO4S2/c1-2-22-13-7-10(6-12(18)15(13)20)8-14-16(21)19(17(24)25-14)9-11-4-3-5-23-11/h3-8,20H,2,9H2,1H3. The van der Waals surface area contributed by atoms with Gasteiger partial charge in [0.25, 0.3) is 5.91 Å². The highest BCUT2D eigenvalue weighted by atomic mass is 35.5. The fourth-order valence-corrected chi connectivity index (χ4v) is 3.76. The van der Waals surface area contributed by atoms with Crippen LogP contribution in [0.1, 0.15) is 18.2 Å². The van der Waals surface area contributed by atoms with Crippen molar-refractivity contribution in [3.63, 3.8) is 0 Å². The van der Waals surface area contributed by atoms with Crippen LogP contribution in [0.2, 0.25) is 5.02 Å². The molecule has 0 radical (unpaired) electrons. The van der Waals surface area contributed by atoms with Gasteiger partial charge in [-0.25, -0.2) is 0 Å². The van der Waals surface area contributed by atoms with Crippen LogP contribution in [0.15, 0.2) is 39.9 Å². The first-order chi connectivity index (χ1) is 12.0. The fraction of sp³-hybridized carbons (Fsp3) is 0.176. The van der Waals surface area contributed by atoms with Crippen molar-refractivity contribution in [2.45, 2.75) is 13.5 Å². The Balaban J connectivity index is 1.87. The van der Waals surface area contributed by atoms with E-state index in [1.54, 1.807) is 43.5 Å². The van der Waals surface area contributed by atoms with E-state index in [0.29, 0.717) is 27.2 Å². The number of thiocarbonyl (C=S) groups is 1. The number of ether oxygens (including phenoxy) is 1. The molecule has 0 unspecified atom stereocenters. The first-order valence-corrected chi connectivity index (χ1v) is 9.03. The Morgan fingerprint density at radius 1 is 1.48 bits per heavy atom. The monoisotopic (exact) mass is 395 g/mol. The maximum atomic E-state index is 12.6. The van der Waals surface area contributed by atoms with Gasteiger partial charge in [0, 0.05) is 0 Å². The smallest absolute Gasteiger partial charge is 0.266 e. The molecule has 0 atom stereocenters. The van der Waals surface area contributed by atoms with E-state index in [0.717, 1.165) is 0 Å². The van der Waals surface area contributed by atoms with E-state index in [1.165, 1.54) is 16.7 Å². The lowest BCUT2D eigenvalue weighted by atomic mass is 10.2. The largest absolute Gasteiger partial charge is 0.503 e. The molecule has 5 nitrogen and oxygen atoms in total. The van der Waals surface area contributed by atoms with Gasteiger partial charge in [-0.1, -0.05) is 35.6 Å². The van der Waals surface area contributed by atoms with Crippen LogP contribution in [-0.4, -0.2) is 26.8 Å². The summed E-state index contributed by atoms with van der Waals surface area (Å²) in [5, 5.41) is 10.1. The average Bonchev–Trinajstić information content (AvgIpc) is 3.17. The van der Waals surface area contributed by atoms with E-state index in [-0.39, 0.29) is 29.0 Å². The Bertz CT molecular complexity index is 849. The second-order valence-corrected chi connectivity index (χ2v) is 7.21. The van der Waals surface area contributed by atoms with Crippen molar-refractivity contribution in [3.8, 4) is 11.5 Å². The van der Waals surface area contributed by atoms with E-state index in [2.05, 4.69) is 0 Å². The number of rotatable bonds is 5. The maximum Gasteiger partial charge on any atom is 0.266 e. The van der Waals surface area contributed by atoms with Gasteiger partial charge in [0.1, 0.15) is 10.1 Å². The molecular weight excluding hydrogens is 382 g/mol. The topological polar surface area (TPSA) is 62.9 Å². The lowest BCUT2D eigenvalue weighted by Crippen LogP contribution is -2.27. The number of halogens is 1. The van der Waals surface area contributed by atoms with Gasteiger partial charge in [-0.2, -0.15) is 0 Å². The van der Waals surface area contributed by atoms with Gasteiger partial charge in [0.15, 0.2) is 11.5 Å². The predicted molar refractivity (Wildman–Crippen MR) is 102 cm³/mol. The zero-order valence-electron chi connectivity index (χ0n) is 13.2. The Morgan fingerprint density at radius 3 is 2.96 bits per heavy atom. The number of amides is 1. The Hall–Kier alpha value is -1.96. The molecule has 0 bridgehead atoms. The zero-order chi connectivity index (χ0) is 18.0. The summed E-state index contributed by atoms with van der Waals surface area (Å²) < 4.78 is 11.1. The van der Waals surface area contributed by atoms with Crippen molar-refractivity contribution in [1.82, 2.24) is 4.90 Å². The summed E-state index contributed by atoms with van der Waals surface area (Å²) in [7, 11) is 0. The molecule has 1 aromatic carbocycles. The molecule has 2 aromatic rings. The highest BCUT2D eigenvalue weighted by molar-refractivity contribution is 8.26. The van der Waals surface area contributed by atoms with E-state index in [4.69, 9.17) is 33.0 Å². The van der Waals surface area contributed by atoms with Gasteiger partial charge in [-0.15, -0.1) is 0 Å².